The summed E-state index contributed by atoms with van der Waals surface area (Å²) in [5.41, 5.74) is 9.57. The molecule has 1 atom stereocenters. The normalized spacial score (nSPS) is 16.9. The van der Waals surface area contributed by atoms with Crippen molar-refractivity contribution in [2.75, 3.05) is 5.32 Å². The SMILES string of the molecule is Cn1ccc2c3c(cc(-c4ccccc4C(F)(F)F)c21)NC(N)=NC3(Cc1ccccc1)NCc1ccccc1. The average molecular weight is 540 g/mol. The zero-order chi connectivity index (χ0) is 27.9. The fraction of sp³-hybridized carbons (Fsp3) is 0.156. The second-order valence-corrected chi connectivity index (χ2v) is 10.1. The molecule has 0 radical (unpaired) electrons. The van der Waals surface area contributed by atoms with Crippen LogP contribution in [0.2, 0.25) is 0 Å². The van der Waals surface area contributed by atoms with Crippen molar-refractivity contribution in [1.82, 2.24) is 9.88 Å². The topological polar surface area (TPSA) is 67.4 Å². The van der Waals surface area contributed by atoms with Crippen molar-refractivity contribution >= 4 is 22.5 Å². The lowest BCUT2D eigenvalue weighted by Gasteiger charge is -2.38. The lowest BCUT2D eigenvalue weighted by molar-refractivity contribution is -0.137. The Labute approximate surface area is 230 Å². The lowest BCUT2D eigenvalue weighted by Crippen LogP contribution is -2.48. The second-order valence-electron chi connectivity index (χ2n) is 10.1. The minimum absolute atomic E-state index is 0.110. The summed E-state index contributed by atoms with van der Waals surface area (Å²) in [6.45, 7) is 0.511. The Morgan fingerprint density at radius 1 is 0.875 bits per heavy atom. The van der Waals surface area contributed by atoms with Crippen molar-refractivity contribution in [2.24, 2.45) is 17.8 Å². The van der Waals surface area contributed by atoms with E-state index in [1.54, 1.807) is 12.1 Å². The summed E-state index contributed by atoms with van der Waals surface area (Å²) in [6, 6.07) is 29.4. The number of nitrogens with zero attached hydrogens (tertiary/aromatic N) is 2. The molecule has 0 bridgehead atoms. The molecule has 1 aromatic heterocycles. The van der Waals surface area contributed by atoms with Crippen LogP contribution in [0.25, 0.3) is 22.0 Å². The molecule has 0 fully saturated rings. The Morgan fingerprint density at radius 3 is 2.23 bits per heavy atom. The van der Waals surface area contributed by atoms with E-state index in [0.717, 1.165) is 28.1 Å². The number of fused-ring (bicyclic) bond motifs is 3. The number of benzene rings is 4. The summed E-state index contributed by atoms with van der Waals surface area (Å²) in [7, 11) is 1.85. The van der Waals surface area contributed by atoms with E-state index in [-0.39, 0.29) is 11.5 Å². The van der Waals surface area contributed by atoms with Crippen molar-refractivity contribution in [2.45, 2.75) is 24.8 Å². The number of halogens is 3. The summed E-state index contributed by atoms with van der Waals surface area (Å²) in [6.07, 6.45) is -2.15. The van der Waals surface area contributed by atoms with Crippen molar-refractivity contribution in [3.63, 3.8) is 0 Å². The van der Waals surface area contributed by atoms with E-state index in [1.807, 2.05) is 84.5 Å². The van der Waals surface area contributed by atoms with Crippen molar-refractivity contribution < 1.29 is 13.2 Å². The molecule has 5 nitrogen and oxygen atoms in total. The number of guanidine groups is 1. The number of nitrogens with one attached hydrogen (secondary N) is 2. The monoisotopic (exact) mass is 539 g/mol. The van der Waals surface area contributed by atoms with Gasteiger partial charge in [-0.05, 0) is 34.9 Å². The molecule has 1 aliphatic rings. The molecular formula is C32H28F3N5. The third kappa shape index (κ3) is 4.60. The van der Waals surface area contributed by atoms with Crippen LogP contribution in [0.1, 0.15) is 22.3 Å². The van der Waals surface area contributed by atoms with Crippen LogP contribution in [0.5, 0.6) is 0 Å². The predicted molar refractivity (Wildman–Crippen MR) is 154 cm³/mol. The van der Waals surface area contributed by atoms with Crippen LogP contribution in [0.4, 0.5) is 18.9 Å². The molecule has 0 saturated heterocycles. The van der Waals surface area contributed by atoms with Gasteiger partial charge in [0.25, 0.3) is 0 Å². The largest absolute Gasteiger partial charge is 0.417 e. The van der Waals surface area contributed by atoms with Crippen LogP contribution in [0.3, 0.4) is 0 Å². The van der Waals surface area contributed by atoms with Crippen LogP contribution in [-0.4, -0.2) is 10.5 Å². The number of aliphatic imine (C=N–C) groups is 1. The number of hydrogen-bond donors (Lipinski definition) is 3. The molecule has 0 aliphatic carbocycles. The molecule has 6 rings (SSSR count). The Bertz CT molecular complexity index is 1710. The predicted octanol–water partition coefficient (Wildman–Crippen LogP) is 6.79. The van der Waals surface area contributed by atoms with Gasteiger partial charge < -0.3 is 15.6 Å². The van der Waals surface area contributed by atoms with Gasteiger partial charge in [0, 0.05) is 48.4 Å². The summed E-state index contributed by atoms with van der Waals surface area (Å²) >= 11 is 0. The average Bonchev–Trinajstić information content (AvgIpc) is 3.33. The third-order valence-corrected chi connectivity index (χ3v) is 7.40. The molecule has 202 valence electrons. The zero-order valence-electron chi connectivity index (χ0n) is 21.8. The maximum absolute atomic E-state index is 14.1. The van der Waals surface area contributed by atoms with Gasteiger partial charge in [0.2, 0.25) is 0 Å². The van der Waals surface area contributed by atoms with Crippen molar-refractivity contribution in [1.29, 1.82) is 0 Å². The smallest absolute Gasteiger partial charge is 0.370 e. The number of rotatable bonds is 6. The number of alkyl halides is 3. The fourth-order valence-corrected chi connectivity index (χ4v) is 5.69. The minimum atomic E-state index is -4.51. The van der Waals surface area contributed by atoms with E-state index in [1.165, 1.54) is 12.1 Å². The van der Waals surface area contributed by atoms with Crippen molar-refractivity contribution in [3.8, 4) is 11.1 Å². The molecule has 1 aliphatic heterocycles. The van der Waals surface area contributed by atoms with E-state index in [4.69, 9.17) is 10.7 Å². The highest BCUT2D eigenvalue weighted by molar-refractivity contribution is 6.06. The van der Waals surface area contributed by atoms with Crippen LogP contribution in [-0.2, 0) is 31.9 Å². The highest BCUT2D eigenvalue weighted by atomic mass is 19.4. The first-order valence-electron chi connectivity index (χ1n) is 13.0. The number of aryl methyl sites for hydroxylation is 1. The number of aromatic nitrogens is 1. The molecule has 2 heterocycles. The molecule has 0 saturated carbocycles. The molecule has 40 heavy (non-hydrogen) atoms. The standard InChI is InChI=1S/C32H28F3N5/c1-40-17-16-24-28-27(18-25(29(24)40)23-14-8-9-15-26(23)32(33,34)35)38-30(36)39-31(28,19-21-10-4-2-5-11-21)37-20-22-12-6-3-7-13-22/h2-18,37H,19-20H2,1H3,(H3,36,38,39). The highest BCUT2D eigenvalue weighted by Crippen LogP contribution is 2.47. The lowest BCUT2D eigenvalue weighted by atomic mass is 9.84. The fourth-order valence-electron chi connectivity index (χ4n) is 5.69. The first kappa shape index (κ1) is 25.7. The van der Waals surface area contributed by atoms with E-state index in [9.17, 15) is 13.2 Å². The molecule has 5 aromatic rings. The quantitative estimate of drug-likeness (QED) is 0.223. The third-order valence-electron chi connectivity index (χ3n) is 7.40. The van der Waals surface area contributed by atoms with Crippen LogP contribution in [0, 0.1) is 0 Å². The van der Waals surface area contributed by atoms with Gasteiger partial charge >= 0.3 is 6.18 Å². The van der Waals surface area contributed by atoms with Gasteiger partial charge in [0.1, 0.15) is 5.66 Å². The van der Waals surface area contributed by atoms with Crippen LogP contribution < -0.4 is 16.4 Å². The summed E-state index contributed by atoms with van der Waals surface area (Å²) < 4.78 is 44.2. The Morgan fingerprint density at radius 2 is 1.52 bits per heavy atom. The Hall–Kier alpha value is -4.56. The van der Waals surface area contributed by atoms with Crippen molar-refractivity contribution in [3.05, 3.63) is 126 Å². The maximum atomic E-state index is 14.1. The second kappa shape index (κ2) is 9.88. The molecule has 8 heteroatoms. The van der Waals surface area contributed by atoms with Gasteiger partial charge in [0.15, 0.2) is 5.96 Å². The highest BCUT2D eigenvalue weighted by Gasteiger charge is 2.41. The van der Waals surface area contributed by atoms with Gasteiger partial charge in [-0.25, -0.2) is 4.99 Å². The van der Waals surface area contributed by atoms with E-state index < -0.39 is 17.4 Å². The summed E-state index contributed by atoms with van der Waals surface area (Å²) in [4.78, 5) is 4.97. The summed E-state index contributed by atoms with van der Waals surface area (Å²) in [5.74, 6) is 0.189. The number of anilines is 1. The maximum Gasteiger partial charge on any atom is 0.417 e. The van der Waals surface area contributed by atoms with E-state index >= 15 is 0 Å². The van der Waals surface area contributed by atoms with E-state index in [2.05, 4.69) is 10.6 Å². The zero-order valence-corrected chi connectivity index (χ0v) is 21.8. The molecule has 4 aromatic carbocycles. The van der Waals surface area contributed by atoms with Gasteiger partial charge in [-0.15, -0.1) is 0 Å². The van der Waals surface area contributed by atoms with E-state index in [0.29, 0.717) is 29.7 Å². The van der Waals surface area contributed by atoms with Gasteiger partial charge in [-0.3, -0.25) is 5.32 Å². The minimum Gasteiger partial charge on any atom is -0.370 e. The molecule has 0 spiro atoms. The number of nitrogens with two attached hydrogens (primary N) is 1. The first-order chi connectivity index (χ1) is 19.2. The Balaban J connectivity index is 1.60. The van der Waals surface area contributed by atoms with Crippen LogP contribution >= 0.6 is 0 Å². The molecule has 4 N–H and O–H groups in total. The van der Waals surface area contributed by atoms with Gasteiger partial charge in [-0.2, -0.15) is 13.2 Å². The van der Waals surface area contributed by atoms with Crippen LogP contribution in [0.15, 0.2) is 108 Å². The molecular weight excluding hydrogens is 511 g/mol. The van der Waals surface area contributed by atoms with Gasteiger partial charge in [0.05, 0.1) is 11.1 Å². The summed E-state index contributed by atoms with van der Waals surface area (Å²) in [5, 5.41) is 7.65. The first-order valence-corrected chi connectivity index (χ1v) is 13.0. The van der Waals surface area contributed by atoms with Gasteiger partial charge in [-0.1, -0.05) is 78.9 Å². The number of hydrogen-bond acceptors (Lipinski definition) is 4. The Kier molecular flexibility index (Phi) is 6.35. The molecule has 1 unspecified atom stereocenters. The molecule has 0 amide bonds.